The molecule has 0 spiro atoms. The van der Waals surface area contributed by atoms with Gasteiger partial charge < -0.3 is 10.1 Å². The van der Waals surface area contributed by atoms with E-state index in [1.165, 1.54) is 11.3 Å². The van der Waals surface area contributed by atoms with Crippen LogP contribution in [0.15, 0.2) is 78.4 Å². The lowest BCUT2D eigenvalue weighted by atomic mass is 10.2. The van der Waals surface area contributed by atoms with Gasteiger partial charge in [0.05, 0.1) is 11.4 Å². The molecule has 2 heterocycles. The molecule has 0 unspecified atom stereocenters. The fraction of sp³-hybridized carbons (Fsp3) is 0.0909. The van der Waals surface area contributed by atoms with Gasteiger partial charge in [0.15, 0.2) is 0 Å². The highest BCUT2D eigenvalue weighted by Crippen LogP contribution is 2.21. The summed E-state index contributed by atoms with van der Waals surface area (Å²) in [5.41, 5.74) is 2.76. The van der Waals surface area contributed by atoms with Gasteiger partial charge in [-0.05, 0) is 53.4 Å². The minimum absolute atomic E-state index is 0.139. The predicted molar refractivity (Wildman–Crippen MR) is 116 cm³/mol. The summed E-state index contributed by atoms with van der Waals surface area (Å²) in [5, 5.41) is 9.72. The van der Waals surface area contributed by atoms with E-state index in [1.807, 2.05) is 64.8 Å². The molecule has 4 aromatic rings. The van der Waals surface area contributed by atoms with Gasteiger partial charge in [0, 0.05) is 28.7 Å². The van der Waals surface area contributed by atoms with E-state index in [0.29, 0.717) is 28.8 Å². The van der Waals surface area contributed by atoms with Crippen molar-refractivity contribution in [1.82, 2.24) is 9.78 Å². The van der Waals surface area contributed by atoms with Gasteiger partial charge in [-0.3, -0.25) is 9.48 Å². The molecule has 0 fully saturated rings. The third-order valence-corrected chi connectivity index (χ3v) is 5.38. The SMILES string of the molecule is O=C(Nc1cccc(Cn2cccn2)c1)c1cc(COc2cccc(Cl)c2)cs1. The summed E-state index contributed by atoms with van der Waals surface area (Å²) in [6.45, 7) is 1.03. The smallest absolute Gasteiger partial charge is 0.265 e. The normalized spacial score (nSPS) is 10.7. The summed E-state index contributed by atoms with van der Waals surface area (Å²) >= 11 is 7.36. The second kappa shape index (κ2) is 8.94. The molecule has 0 aliphatic carbocycles. The number of nitrogens with one attached hydrogen (secondary N) is 1. The largest absolute Gasteiger partial charge is 0.489 e. The molecular weight excluding hydrogens is 406 g/mol. The van der Waals surface area contributed by atoms with Gasteiger partial charge in [-0.15, -0.1) is 11.3 Å². The Morgan fingerprint density at radius 1 is 1.10 bits per heavy atom. The monoisotopic (exact) mass is 423 g/mol. The number of ether oxygens (including phenoxy) is 1. The van der Waals surface area contributed by atoms with Gasteiger partial charge >= 0.3 is 0 Å². The van der Waals surface area contributed by atoms with Crippen molar-refractivity contribution in [2.45, 2.75) is 13.2 Å². The number of hydrogen-bond acceptors (Lipinski definition) is 4. The lowest BCUT2D eigenvalue weighted by Gasteiger charge is -2.07. The molecular formula is C22H18ClN3O2S. The van der Waals surface area contributed by atoms with E-state index in [2.05, 4.69) is 10.4 Å². The number of halogens is 1. The zero-order valence-electron chi connectivity index (χ0n) is 15.4. The molecule has 2 aromatic heterocycles. The van der Waals surface area contributed by atoms with Gasteiger partial charge in [0.25, 0.3) is 5.91 Å². The molecule has 0 aliphatic heterocycles. The van der Waals surface area contributed by atoms with Crippen LogP contribution >= 0.6 is 22.9 Å². The zero-order chi connectivity index (χ0) is 20.1. The lowest BCUT2D eigenvalue weighted by molar-refractivity contribution is 0.103. The topological polar surface area (TPSA) is 56.2 Å². The molecule has 0 saturated carbocycles. The highest BCUT2D eigenvalue weighted by Gasteiger charge is 2.10. The van der Waals surface area contributed by atoms with Crippen LogP contribution in [0.3, 0.4) is 0 Å². The molecule has 0 atom stereocenters. The Kier molecular flexibility index (Phi) is 5.93. The van der Waals surface area contributed by atoms with Crippen molar-refractivity contribution in [1.29, 1.82) is 0 Å². The number of thiophene rings is 1. The van der Waals surface area contributed by atoms with E-state index in [9.17, 15) is 4.79 Å². The third kappa shape index (κ3) is 5.25. The average molecular weight is 424 g/mol. The van der Waals surface area contributed by atoms with E-state index in [0.717, 1.165) is 16.8 Å². The molecule has 29 heavy (non-hydrogen) atoms. The Labute approximate surface area is 177 Å². The maximum atomic E-state index is 12.6. The molecule has 5 nitrogen and oxygen atoms in total. The fourth-order valence-corrected chi connectivity index (χ4v) is 3.79. The molecule has 1 N–H and O–H groups in total. The number of rotatable bonds is 7. The van der Waals surface area contributed by atoms with Crippen LogP contribution in [0.5, 0.6) is 5.75 Å². The summed E-state index contributed by atoms with van der Waals surface area (Å²) in [4.78, 5) is 13.2. The van der Waals surface area contributed by atoms with Crippen LogP contribution in [0, 0.1) is 0 Å². The van der Waals surface area contributed by atoms with Crippen LogP contribution in [0.25, 0.3) is 0 Å². The van der Waals surface area contributed by atoms with Crippen LogP contribution in [-0.2, 0) is 13.2 Å². The lowest BCUT2D eigenvalue weighted by Crippen LogP contribution is -2.10. The Morgan fingerprint density at radius 3 is 2.83 bits per heavy atom. The molecule has 1 amide bonds. The molecule has 2 aromatic carbocycles. The third-order valence-electron chi connectivity index (χ3n) is 4.17. The van der Waals surface area contributed by atoms with E-state index in [1.54, 1.807) is 18.3 Å². The number of amides is 1. The van der Waals surface area contributed by atoms with Gasteiger partial charge in [0.2, 0.25) is 0 Å². The Bertz CT molecular complexity index is 1110. The van der Waals surface area contributed by atoms with E-state index >= 15 is 0 Å². The van der Waals surface area contributed by atoms with Gasteiger partial charge in [-0.1, -0.05) is 29.8 Å². The summed E-state index contributed by atoms with van der Waals surface area (Å²) < 4.78 is 7.57. The zero-order valence-corrected chi connectivity index (χ0v) is 17.0. The molecule has 0 saturated heterocycles. The number of anilines is 1. The van der Waals surface area contributed by atoms with Crippen LogP contribution in [0.4, 0.5) is 5.69 Å². The first-order valence-corrected chi connectivity index (χ1v) is 10.2. The number of carbonyl (C=O) groups is 1. The van der Waals surface area contributed by atoms with Crippen molar-refractivity contribution in [3.63, 3.8) is 0 Å². The summed E-state index contributed by atoms with van der Waals surface area (Å²) in [7, 11) is 0. The first-order valence-electron chi connectivity index (χ1n) is 8.99. The van der Waals surface area contributed by atoms with Crippen molar-refractivity contribution in [2.24, 2.45) is 0 Å². The molecule has 0 bridgehead atoms. The molecule has 7 heteroatoms. The molecule has 4 rings (SSSR count). The second-order valence-electron chi connectivity index (χ2n) is 6.42. The number of aromatic nitrogens is 2. The predicted octanol–water partition coefficient (Wildman–Crippen LogP) is 5.48. The van der Waals surface area contributed by atoms with Crippen LogP contribution in [0.1, 0.15) is 20.8 Å². The number of hydrogen-bond donors (Lipinski definition) is 1. The van der Waals surface area contributed by atoms with Crippen LogP contribution in [0.2, 0.25) is 5.02 Å². The Morgan fingerprint density at radius 2 is 2.00 bits per heavy atom. The van der Waals surface area contributed by atoms with E-state index < -0.39 is 0 Å². The quantitative estimate of drug-likeness (QED) is 0.428. The maximum Gasteiger partial charge on any atom is 0.265 e. The van der Waals surface area contributed by atoms with Crippen molar-refractivity contribution >= 4 is 34.5 Å². The van der Waals surface area contributed by atoms with E-state index in [4.69, 9.17) is 16.3 Å². The van der Waals surface area contributed by atoms with Crippen molar-refractivity contribution in [2.75, 3.05) is 5.32 Å². The Balaban J connectivity index is 1.36. The van der Waals surface area contributed by atoms with Crippen molar-refractivity contribution in [3.05, 3.63) is 99.5 Å². The maximum absolute atomic E-state index is 12.6. The van der Waals surface area contributed by atoms with Crippen LogP contribution in [-0.4, -0.2) is 15.7 Å². The average Bonchev–Trinajstić information content (AvgIpc) is 3.39. The van der Waals surface area contributed by atoms with Gasteiger partial charge in [-0.25, -0.2) is 0 Å². The van der Waals surface area contributed by atoms with Crippen LogP contribution < -0.4 is 10.1 Å². The fourth-order valence-electron chi connectivity index (χ4n) is 2.81. The number of benzene rings is 2. The summed E-state index contributed by atoms with van der Waals surface area (Å²) in [6.07, 6.45) is 3.65. The first kappa shape index (κ1) is 19.2. The highest BCUT2D eigenvalue weighted by atomic mass is 35.5. The van der Waals surface area contributed by atoms with Crippen molar-refractivity contribution < 1.29 is 9.53 Å². The number of nitrogens with zero attached hydrogens (tertiary/aromatic N) is 2. The van der Waals surface area contributed by atoms with Crippen molar-refractivity contribution in [3.8, 4) is 5.75 Å². The molecule has 0 radical (unpaired) electrons. The number of carbonyl (C=O) groups excluding carboxylic acids is 1. The van der Waals surface area contributed by atoms with Gasteiger partial charge in [-0.2, -0.15) is 5.10 Å². The molecule has 0 aliphatic rings. The Hall–Kier alpha value is -3.09. The van der Waals surface area contributed by atoms with Gasteiger partial charge in [0.1, 0.15) is 12.4 Å². The molecule has 146 valence electrons. The minimum atomic E-state index is -0.139. The summed E-state index contributed by atoms with van der Waals surface area (Å²) in [6, 6.07) is 18.7. The second-order valence-corrected chi connectivity index (χ2v) is 7.77. The standard InChI is InChI=1S/C22H18ClN3O2S/c23-18-5-2-7-20(12-18)28-14-17-11-21(29-15-17)22(27)25-19-6-1-4-16(10-19)13-26-9-3-8-24-26/h1-12,15H,13-14H2,(H,25,27). The highest BCUT2D eigenvalue weighted by molar-refractivity contribution is 7.12. The minimum Gasteiger partial charge on any atom is -0.489 e. The summed E-state index contributed by atoms with van der Waals surface area (Å²) in [5.74, 6) is 0.559. The first-order chi connectivity index (χ1) is 14.2. The van der Waals surface area contributed by atoms with E-state index in [-0.39, 0.29) is 5.91 Å².